The van der Waals surface area contributed by atoms with Crippen LogP contribution >= 0.6 is 11.3 Å². The Kier molecular flexibility index (Phi) is 6.14. The van der Waals surface area contributed by atoms with Crippen LogP contribution in [0.5, 0.6) is 0 Å². The van der Waals surface area contributed by atoms with Gasteiger partial charge in [-0.3, -0.25) is 0 Å². The van der Waals surface area contributed by atoms with Crippen molar-refractivity contribution in [2.45, 2.75) is 53.5 Å². The van der Waals surface area contributed by atoms with E-state index in [1.807, 2.05) is 18.4 Å². The van der Waals surface area contributed by atoms with Crippen LogP contribution in [-0.2, 0) is 19.4 Å². The average molecular weight is 254 g/mol. The summed E-state index contributed by atoms with van der Waals surface area (Å²) in [6.07, 6.45) is 3.49. The third-order valence-electron chi connectivity index (χ3n) is 2.70. The highest BCUT2D eigenvalue weighted by atomic mass is 32.1. The summed E-state index contributed by atoms with van der Waals surface area (Å²) in [6.45, 7) is 10.0. The van der Waals surface area contributed by atoms with Gasteiger partial charge in [0.05, 0.1) is 10.7 Å². The molecule has 1 rings (SSSR count). The largest absolute Gasteiger partial charge is 0.315 e. The molecule has 0 aliphatic rings. The normalized spacial score (nSPS) is 11.7. The van der Waals surface area contributed by atoms with Crippen LogP contribution in [0.2, 0.25) is 0 Å². The molecule has 0 unspecified atom stereocenters. The van der Waals surface area contributed by atoms with Crippen molar-refractivity contribution in [2.75, 3.05) is 7.05 Å². The summed E-state index contributed by atoms with van der Waals surface area (Å²) < 4.78 is 0. The molecule has 17 heavy (non-hydrogen) atoms. The van der Waals surface area contributed by atoms with E-state index in [1.54, 1.807) is 0 Å². The second kappa shape index (κ2) is 7.12. The van der Waals surface area contributed by atoms with E-state index in [1.165, 1.54) is 22.0 Å². The van der Waals surface area contributed by atoms with Crippen LogP contribution in [0, 0.1) is 11.8 Å². The molecule has 0 saturated carbocycles. The zero-order valence-corrected chi connectivity index (χ0v) is 12.7. The summed E-state index contributed by atoms with van der Waals surface area (Å²) in [5.74, 6) is 1.45. The van der Waals surface area contributed by atoms with Gasteiger partial charge >= 0.3 is 0 Å². The number of aryl methyl sites for hydroxylation is 1. The average Bonchev–Trinajstić information content (AvgIpc) is 2.58. The first kappa shape index (κ1) is 14.7. The van der Waals surface area contributed by atoms with E-state index >= 15 is 0 Å². The van der Waals surface area contributed by atoms with Crippen LogP contribution in [0.1, 0.15) is 49.7 Å². The Morgan fingerprint density at radius 3 is 2.41 bits per heavy atom. The molecule has 1 N–H and O–H groups in total. The van der Waals surface area contributed by atoms with Gasteiger partial charge in [-0.15, -0.1) is 11.3 Å². The molecule has 0 radical (unpaired) electrons. The molecule has 3 heteroatoms. The van der Waals surface area contributed by atoms with E-state index in [0.29, 0.717) is 5.92 Å². The third-order valence-corrected chi connectivity index (χ3v) is 3.85. The molecule has 0 amide bonds. The molecule has 2 nitrogen and oxygen atoms in total. The summed E-state index contributed by atoms with van der Waals surface area (Å²) in [4.78, 5) is 6.25. The Bertz CT molecular complexity index is 329. The van der Waals surface area contributed by atoms with Crippen LogP contribution in [-0.4, -0.2) is 12.0 Å². The van der Waals surface area contributed by atoms with E-state index < -0.39 is 0 Å². The zero-order valence-electron chi connectivity index (χ0n) is 11.8. The molecule has 0 aromatic carbocycles. The van der Waals surface area contributed by atoms with Gasteiger partial charge in [0.2, 0.25) is 0 Å². The first-order valence-corrected chi connectivity index (χ1v) is 7.46. The summed E-state index contributed by atoms with van der Waals surface area (Å²) in [7, 11) is 2.01. The fourth-order valence-electron chi connectivity index (χ4n) is 1.80. The Labute approximate surface area is 110 Å². The summed E-state index contributed by atoms with van der Waals surface area (Å²) in [5, 5.41) is 4.57. The maximum atomic E-state index is 4.82. The maximum Gasteiger partial charge on any atom is 0.0931 e. The van der Waals surface area contributed by atoms with Crippen molar-refractivity contribution >= 4 is 11.3 Å². The SMILES string of the molecule is CNCc1sc(CCC(C)C)nc1CC(C)C. The first-order valence-electron chi connectivity index (χ1n) is 6.65. The van der Waals surface area contributed by atoms with Crippen molar-refractivity contribution in [3.8, 4) is 0 Å². The number of thiazole rings is 1. The number of nitrogens with one attached hydrogen (secondary N) is 1. The molecule has 1 heterocycles. The Balaban J connectivity index is 2.72. The van der Waals surface area contributed by atoms with Gasteiger partial charge in [-0.1, -0.05) is 27.7 Å². The van der Waals surface area contributed by atoms with E-state index in [0.717, 1.165) is 25.3 Å². The number of rotatable bonds is 7. The van der Waals surface area contributed by atoms with Crippen molar-refractivity contribution in [1.82, 2.24) is 10.3 Å². The van der Waals surface area contributed by atoms with E-state index in [2.05, 4.69) is 33.0 Å². The molecule has 0 aliphatic heterocycles. The molecule has 1 aromatic heterocycles. The van der Waals surface area contributed by atoms with Crippen molar-refractivity contribution in [3.63, 3.8) is 0 Å². The number of hydrogen-bond donors (Lipinski definition) is 1. The first-order chi connectivity index (χ1) is 8.02. The molecular formula is C14H26N2S. The number of aromatic nitrogens is 1. The molecule has 0 fully saturated rings. The summed E-state index contributed by atoms with van der Waals surface area (Å²) >= 11 is 1.89. The lowest BCUT2D eigenvalue weighted by Gasteiger charge is -2.04. The predicted octanol–water partition coefficient (Wildman–Crippen LogP) is 3.65. The number of hydrogen-bond acceptors (Lipinski definition) is 3. The van der Waals surface area contributed by atoms with Gasteiger partial charge in [0.25, 0.3) is 0 Å². The van der Waals surface area contributed by atoms with E-state index in [9.17, 15) is 0 Å². The fourth-order valence-corrected chi connectivity index (χ4v) is 2.92. The second-order valence-electron chi connectivity index (χ2n) is 5.54. The highest BCUT2D eigenvalue weighted by Gasteiger charge is 2.12. The van der Waals surface area contributed by atoms with Crippen LogP contribution in [0.25, 0.3) is 0 Å². The smallest absolute Gasteiger partial charge is 0.0931 e. The van der Waals surface area contributed by atoms with Crippen molar-refractivity contribution in [1.29, 1.82) is 0 Å². The minimum atomic E-state index is 0.686. The molecule has 98 valence electrons. The van der Waals surface area contributed by atoms with Gasteiger partial charge in [0, 0.05) is 11.4 Å². The lowest BCUT2D eigenvalue weighted by atomic mass is 10.1. The molecule has 1 aromatic rings. The summed E-state index contributed by atoms with van der Waals surface area (Å²) in [6, 6.07) is 0. The van der Waals surface area contributed by atoms with Crippen LogP contribution in [0.3, 0.4) is 0 Å². The minimum absolute atomic E-state index is 0.686. The molecule has 0 atom stereocenters. The van der Waals surface area contributed by atoms with Crippen LogP contribution in [0.4, 0.5) is 0 Å². The van der Waals surface area contributed by atoms with Gasteiger partial charge in [-0.2, -0.15) is 0 Å². The van der Waals surface area contributed by atoms with Crippen LogP contribution in [0.15, 0.2) is 0 Å². The highest BCUT2D eigenvalue weighted by Crippen LogP contribution is 2.23. The van der Waals surface area contributed by atoms with Gasteiger partial charge in [0.15, 0.2) is 0 Å². The monoisotopic (exact) mass is 254 g/mol. The quantitative estimate of drug-likeness (QED) is 0.803. The Morgan fingerprint density at radius 1 is 1.18 bits per heavy atom. The van der Waals surface area contributed by atoms with Crippen molar-refractivity contribution < 1.29 is 0 Å². The fraction of sp³-hybridized carbons (Fsp3) is 0.786. The molecule has 0 saturated heterocycles. The second-order valence-corrected chi connectivity index (χ2v) is 6.71. The van der Waals surface area contributed by atoms with Crippen molar-refractivity contribution in [2.24, 2.45) is 11.8 Å². The minimum Gasteiger partial charge on any atom is -0.315 e. The van der Waals surface area contributed by atoms with E-state index in [4.69, 9.17) is 4.98 Å². The molecule has 0 bridgehead atoms. The number of nitrogens with zero attached hydrogens (tertiary/aromatic N) is 1. The van der Waals surface area contributed by atoms with Gasteiger partial charge in [-0.25, -0.2) is 4.98 Å². The lowest BCUT2D eigenvalue weighted by Crippen LogP contribution is -2.07. The Morgan fingerprint density at radius 2 is 1.88 bits per heavy atom. The van der Waals surface area contributed by atoms with Crippen LogP contribution < -0.4 is 5.32 Å². The lowest BCUT2D eigenvalue weighted by molar-refractivity contribution is 0.582. The molecule has 0 spiro atoms. The topological polar surface area (TPSA) is 24.9 Å². The maximum absolute atomic E-state index is 4.82. The Hall–Kier alpha value is -0.410. The standard InChI is InChI=1S/C14H26N2S/c1-10(2)6-7-14-16-12(8-11(3)4)13(17-14)9-15-5/h10-11,15H,6-9H2,1-5H3. The zero-order chi connectivity index (χ0) is 12.8. The van der Waals surface area contributed by atoms with E-state index in [-0.39, 0.29) is 0 Å². The molecular weight excluding hydrogens is 228 g/mol. The highest BCUT2D eigenvalue weighted by molar-refractivity contribution is 7.11. The molecule has 0 aliphatic carbocycles. The third kappa shape index (κ3) is 5.17. The van der Waals surface area contributed by atoms with Gasteiger partial charge in [-0.05, 0) is 38.1 Å². The van der Waals surface area contributed by atoms with Crippen molar-refractivity contribution in [3.05, 3.63) is 15.6 Å². The van der Waals surface area contributed by atoms with Gasteiger partial charge < -0.3 is 5.32 Å². The summed E-state index contributed by atoms with van der Waals surface area (Å²) in [5.41, 5.74) is 1.32. The predicted molar refractivity (Wildman–Crippen MR) is 76.6 cm³/mol. The van der Waals surface area contributed by atoms with Gasteiger partial charge in [0.1, 0.15) is 0 Å².